The second-order valence-corrected chi connectivity index (χ2v) is 6.66. The van der Waals surface area contributed by atoms with Crippen LogP contribution in [0.3, 0.4) is 0 Å². The van der Waals surface area contributed by atoms with Gasteiger partial charge in [0.1, 0.15) is 10.8 Å². The molecule has 0 atom stereocenters. The lowest BCUT2D eigenvalue weighted by atomic mass is 10.1. The van der Waals surface area contributed by atoms with E-state index >= 15 is 0 Å². The van der Waals surface area contributed by atoms with Crippen molar-refractivity contribution in [3.8, 4) is 27.6 Å². The van der Waals surface area contributed by atoms with Crippen LogP contribution in [0.15, 0.2) is 47.2 Å². The summed E-state index contributed by atoms with van der Waals surface area (Å²) in [5.41, 5.74) is 3.13. The summed E-state index contributed by atoms with van der Waals surface area (Å²) in [4.78, 5) is 10.2. The maximum Gasteiger partial charge on any atom is 0.125 e. The smallest absolute Gasteiger partial charge is 0.125 e. The second-order valence-electron chi connectivity index (χ2n) is 4.54. The summed E-state index contributed by atoms with van der Waals surface area (Å²) in [5, 5.41) is 0.979. The van der Waals surface area contributed by atoms with Crippen LogP contribution in [0, 0.1) is 6.92 Å². The Bertz CT molecular complexity index is 768. The average molecular weight is 361 g/mol. The van der Waals surface area contributed by atoms with E-state index in [4.69, 9.17) is 9.72 Å². The number of halogens is 1. The highest BCUT2D eigenvalue weighted by Crippen LogP contribution is 2.34. The molecule has 0 saturated carbocycles. The monoisotopic (exact) mass is 360 g/mol. The number of thiazole rings is 1. The fourth-order valence-corrected chi connectivity index (χ4v) is 3.35. The average Bonchev–Trinajstić information content (AvgIpc) is 2.89. The number of aryl methyl sites for hydroxylation is 1. The van der Waals surface area contributed by atoms with Gasteiger partial charge in [0.05, 0.1) is 12.8 Å². The van der Waals surface area contributed by atoms with Gasteiger partial charge in [0.15, 0.2) is 0 Å². The molecule has 0 bridgehead atoms. The molecule has 0 aliphatic rings. The van der Waals surface area contributed by atoms with Gasteiger partial charge in [0.2, 0.25) is 0 Å². The summed E-state index contributed by atoms with van der Waals surface area (Å²) in [7, 11) is 1.67. The van der Waals surface area contributed by atoms with Crippen LogP contribution < -0.4 is 4.74 Å². The number of aromatic nitrogens is 2. The molecule has 0 spiro atoms. The maximum atomic E-state index is 5.19. The van der Waals surface area contributed by atoms with Crippen LogP contribution in [0.2, 0.25) is 0 Å². The summed E-state index contributed by atoms with van der Waals surface area (Å²) >= 11 is 5.12. The highest BCUT2D eigenvalue weighted by atomic mass is 79.9. The molecule has 0 N–H and O–H groups in total. The molecule has 5 heteroatoms. The molecule has 21 heavy (non-hydrogen) atoms. The molecule has 0 radical (unpaired) electrons. The third kappa shape index (κ3) is 2.99. The third-order valence-corrected chi connectivity index (χ3v) is 4.57. The van der Waals surface area contributed by atoms with Gasteiger partial charge in [-0.05, 0) is 53.2 Å². The number of benzene rings is 1. The fourth-order valence-electron chi connectivity index (χ4n) is 2.07. The molecule has 0 aliphatic heterocycles. The Morgan fingerprint density at radius 2 is 1.86 bits per heavy atom. The van der Waals surface area contributed by atoms with Gasteiger partial charge in [-0.25, -0.2) is 4.98 Å². The van der Waals surface area contributed by atoms with Gasteiger partial charge in [-0.2, -0.15) is 0 Å². The zero-order valence-electron chi connectivity index (χ0n) is 11.6. The predicted molar refractivity (Wildman–Crippen MR) is 89.8 cm³/mol. The number of ether oxygens (including phenoxy) is 1. The molecule has 0 fully saturated rings. The molecule has 3 rings (SSSR count). The molecule has 2 aromatic heterocycles. The minimum Gasteiger partial charge on any atom is -0.497 e. The van der Waals surface area contributed by atoms with Crippen molar-refractivity contribution < 1.29 is 4.74 Å². The standard InChI is InChI=1S/C16H13BrN2OS/c1-10-15(11-3-5-14(20-2)6-4-11)19-16(21-10)12-7-13(17)9-18-8-12/h3-9H,1-2H3. The summed E-state index contributed by atoms with van der Waals surface area (Å²) in [6, 6.07) is 10.00. The van der Waals surface area contributed by atoms with Crippen molar-refractivity contribution in [3.05, 3.63) is 52.1 Å². The van der Waals surface area contributed by atoms with E-state index in [2.05, 4.69) is 27.8 Å². The Morgan fingerprint density at radius 3 is 2.52 bits per heavy atom. The van der Waals surface area contributed by atoms with Crippen molar-refractivity contribution in [2.45, 2.75) is 6.92 Å². The van der Waals surface area contributed by atoms with Gasteiger partial charge in [-0.15, -0.1) is 11.3 Å². The molecular weight excluding hydrogens is 348 g/mol. The second kappa shape index (κ2) is 5.95. The summed E-state index contributed by atoms with van der Waals surface area (Å²) in [6.07, 6.45) is 3.61. The van der Waals surface area contributed by atoms with E-state index in [0.717, 1.165) is 32.1 Å². The molecule has 1 aromatic carbocycles. The van der Waals surface area contributed by atoms with E-state index in [1.165, 1.54) is 4.88 Å². The van der Waals surface area contributed by atoms with Crippen LogP contribution in [0.25, 0.3) is 21.8 Å². The molecule has 106 valence electrons. The Kier molecular flexibility index (Phi) is 4.03. The van der Waals surface area contributed by atoms with E-state index in [1.807, 2.05) is 36.5 Å². The van der Waals surface area contributed by atoms with Crippen molar-refractivity contribution in [1.82, 2.24) is 9.97 Å². The molecule has 0 aliphatic carbocycles. The topological polar surface area (TPSA) is 35.0 Å². The molecule has 0 saturated heterocycles. The van der Waals surface area contributed by atoms with Crippen LogP contribution in [-0.4, -0.2) is 17.1 Å². The molecule has 3 nitrogen and oxygen atoms in total. The minimum atomic E-state index is 0.850. The summed E-state index contributed by atoms with van der Waals surface area (Å²) in [5.74, 6) is 0.850. The van der Waals surface area contributed by atoms with Crippen LogP contribution in [0.4, 0.5) is 0 Å². The van der Waals surface area contributed by atoms with Crippen molar-refractivity contribution in [3.63, 3.8) is 0 Å². The lowest BCUT2D eigenvalue weighted by Crippen LogP contribution is -1.84. The van der Waals surface area contributed by atoms with Gasteiger partial charge in [0, 0.05) is 32.9 Å². The number of hydrogen-bond donors (Lipinski definition) is 0. The van der Waals surface area contributed by atoms with E-state index in [0.29, 0.717) is 0 Å². The van der Waals surface area contributed by atoms with Gasteiger partial charge in [-0.1, -0.05) is 0 Å². The maximum absolute atomic E-state index is 5.19. The first-order valence-corrected chi connectivity index (χ1v) is 8.01. The first kappa shape index (κ1) is 14.2. The van der Waals surface area contributed by atoms with E-state index in [-0.39, 0.29) is 0 Å². The van der Waals surface area contributed by atoms with Crippen molar-refractivity contribution in [2.24, 2.45) is 0 Å². The Morgan fingerprint density at radius 1 is 1.10 bits per heavy atom. The first-order valence-electron chi connectivity index (χ1n) is 6.40. The summed E-state index contributed by atoms with van der Waals surface area (Å²) < 4.78 is 6.15. The highest BCUT2D eigenvalue weighted by molar-refractivity contribution is 9.10. The Balaban J connectivity index is 2.01. The number of pyridine rings is 1. The van der Waals surface area contributed by atoms with E-state index in [9.17, 15) is 0 Å². The Hall–Kier alpha value is -1.72. The highest BCUT2D eigenvalue weighted by Gasteiger charge is 2.12. The SMILES string of the molecule is COc1ccc(-c2nc(-c3cncc(Br)c3)sc2C)cc1. The molecule has 0 unspecified atom stereocenters. The molecule has 3 aromatic rings. The van der Waals surface area contributed by atoms with Crippen LogP contribution in [0.1, 0.15) is 4.88 Å². The first-order chi connectivity index (χ1) is 10.2. The normalized spacial score (nSPS) is 10.6. The fraction of sp³-hybridized carbons (Fsp3) is 0.125. The van der Waals surface area contributed by atoms with Gasteiger partial charge in [-0.3, -0.25) is 4.98 Å². The Labute approximate surface area is 135 Å². The quantitative estimate of drug-likeness (QED) is 0.662. The van der Waals surface area contributed by atoms with E-state index < -0.39 is 0 Å². The van der Waals surface area contributed by atoms with Gasteiger partial charge >= 0.3 is 0 Å². The molecular formula is C16H13BrN2OS. The van der Waals surface area contributed by atoms with Crippen LogP contribution >= 0.6 is 27.3 Å². The van der Waals surface area contributed by atoms with Gasteiger partial charge in [0.25, 0.3) is 0 Å². The number of methoxy groups -OCH3 is 1. The van der Waals surface area contributed by atoms with Gasteiger partial charge < -0.3 is 4.74 Å². The lowest BCUT2D eigenvalue weighted by molar-refractivity contribution is 0.415. The van der Waals surface area contributed by atoms with Crippen LogP contribution in [0.5, 0.6) is 5.75 Å². The lowest BCUT2D eigenvalue weighted by Gasteiger charge is -2.01. The predicted octanol–water partition coefficient (Wildman–Crippen LogP) is 4.95. The minimum absolute atomic E-state index is 0.850. The van der Waals surface area contributed by atoms with E-state index in [1.54, 1.807) is 24.6 Å². The van der Waals surface area contributed by atoms with Crippen molar-refractivity contribution in [2.75, 3.05) is 7.11 Å². The number of nitrogens with zero attached hydrogens (tertiary/aromatic N) is 2. The largest absolute Gasteiger partial charge is 0.497 e. The number of rotatable bonds is 3. The number of hydrogen-bond acceptors (Lipinski definition) is 4. The van der Waals surface area contributed by atoms with Crippen molar-refractivity contribution >= 4 is 27.3 Å². The van der Waals surface area contributed by atoms with Crippen molar-refractivity contribution in [1.29, 1.82) is 0 Å². The zero-order chi connectivity index (χ0) is 14.8. The third-order valence-electron chi connectivity index (χ3n) is 3.11. The zero-order valence-corrected chi connectivity index (χ0v) is 14.0. The molecule has 2 heterocycles. The van der Waals surface area contributed by atoms with Crippen LogP contribution in [-0.2, 0) is 0 Å². The summed E-state index contributed by atoms with van der Waals surface area (Å²) in [6.45, 7) is 2.09. The molecule has 0 amide bonds.